The third-order valence-corrected chi connectivity index (χ3v) is 5.84. The first-order chi connectivity index (χ1) is 16.8. The van der Waals surface area contributed by atoms with Gasteiger partial charge in [-0.1, -0.05) is 13.0 Å². The monoisotopic (exact) mass is 446 g/mol. The van der Waals surface area contributed by atoms with Crippen LogP contribution in [0.25, 0.3) is 55.8 Å². The topological polar surface area (TPSA) is 108 Å². The molecule has 0 bridgehead atoms. The van der Waals surface area contributed by atoms with Crippen molar-refractivity contribution in [3.8, 4) is 33.8 Å². The molecule has 0 aromatic carbocycles. The van der Waals surface area contributed by atoms with E-state index in [1.165, 1.54) is 0 Å². The Hall–Kier alpha value is -4.43. The highest BCUT2D eigenvalue weighted by Gasteiger charge is 2.16. The number of nitrogens with zero attached hydrogens (tertiary/aromatic N) is 5. The summed E-state index contributed by atoms with van der Waals surface area (Å²) >= 11 is 0. The van der Waals surface area contributed by atoms with Gasteiger partial charge in [0, 0.05) is 54.0 Å². The molecule has 8 heteroatoms. The fraction of sp³-hybridized carbons (Fsp3) is 0.115. The number of H-pyrrole nitrogens is 2. The predicted octanol–water partition coefficient (Wildman–Crippen LogP) is 4.73. The van der Waals surface area contributed by atoms with Gasteiger partial charge in [0.25, 0.3) is 0 Å². The van der Waals surface area contributed by atoms with Crippen LogP contribution in [0.15, 0.2) is 73.4 Å². The molecule has 3 N–H and O–H groups in total. The summed E-state index contributed by atoms with van der Waals surface area (Å²) in [6.07, 6.45) is 9.16. The van der Waals surface area contributed by atoms with Gasteiger partial charge in [0.1, 0.15) is 16.9 Å². The Morgan fingerprint density at radius 3 is 2.76 bits per heavy atom. The maximum absolute atomic E-state index is 4.95. The van der Waals surface area contributed by atoms with E-state index >= 15 is 0 Å². The van der Waals surface area contributed by atoms with Crippen molar-refractivity contribution in [3.05, 3.63) is 79.0 Å². The number of aromatic nitrogens is 7. The Balaban J connectivity index is 1.44. The number of aromatic amines is 2. The molecule has 0 amide bonds. The van der Waals surface area contributed by atoms with E-state index in [1.54, 1.807) is 12.4 Å². The van der Waals surface area contributed by atoms with Crippen LogP contribution in [-0.4, -0.2) is 41.7 Å². The SMILES string of the molecule is CCNCc1cncc(-c2ccc3[nH]nc(-c4cc5c(-c6cccnc6)ccnc5[nH]4)c3n2)c1. The number of nitrogens with one attached hydrogen (secondary N) is 3. The minimum Gasteiger partial charge on any atom is -0.338 e. The van der Waals surface area contributed by atoms with Crippen molar-refractivity contribution in [2.24, 2.45) is 0 Å². The molecule has 6 heterocycles. The quantitative estimate of drug-likeness (QED) is 0.341. The van der Waals surface area contributed by atoms with Gasteiger partial charge in [0.05, 0.1) is 16.9 Å². The first-order valence-corrected chi connectivity index (χ1v) is 11.2. The first-order valence-electron chi connectivity index (χ1n) is 11.2. The van der Waals surface area contributed by atoms with Gasteiger partial charge in [-0.25, -0.2) is 9.97 Å². The number of pyridine rings is 4. The molecule has 0 atom stereocenters. The normalized spacial score (nSPS) is 11.4. The molecule has 6 rings (SSSR count). The minimum absolute atomic E-state index is 0.753. The summed E-state index contributed by atoms with van der Waals surface area (Å²) < 4.78 is 0. The number of rotatable bonds is 6. The zero-order valence-electron chi connectivity index (χ0n) is 18.6. The summed E-state index contributed by atoms with van der Waals surface area (Å²) in [6.45, 7) is 3.78. The van der Waals surface area contributed by atoms with E-state index in [0.29, 0.717) is 0 Å². The Bertz CT molecular complexity index is 1600. The second-order valence-corrected chi connectivity index (χ2v) is 8.07. The van der Waals surface area contributed by atoms with Gasteiger partial charge >= 0.3 is 0 Å². The van der Waals surface area contributed by atoms with Gasteiger partial charge in [0.2, 0.25) is 0 Å². The second-order valence-electron chi connectivity index (χ2n) is 8.07. The van der Waals surface area contributed by atoms with Crippen molar-refractivity contribution in [3.63, 3.8) is 0 Å². The van der Waals surface area contributed by atoms with Crippen molar-refractivity contribution in [1.29, 1.82) is 0 Å². The Kier molecular flexibility index (Phi) is 5.04. The summed E-state index contributed by atoms with van der Waals surface area (Å²) in [5.74, 6) is 0. The fourth-order valence-corrected chi connectivity index (χ4v) is 4.17. The fourth-order valence-electron chi connectivity index (χ4n) is 4.17. The van der Waals surface area contributed by atoms with Crippen LogP contribution in [0.5, 0.6) is 0 Å². The summed E-state index contributed by atoms with van der Waals surface area (Å²) in [5.41, 5.74) is 9.13. The molecule has 6 aromatic rings. The van der Waals surface area contributed by atoms with Crippen molar-refractivity contribution < 1.29 is 0 Å². The van der Waals surface area contributed by atoms with Crippen molar-refractivity contribution in [2.45, 2.75) is 13.5 Å². The molecule has 0 fully saturated rings. The average Bonchev–Trinajstić information content (AvgIpc) is 3.51. The van der Waals surface area contributed by atoms with E-state index in [-0.39, 0.29) is 0 Å². The van der Waals surface area contributed by atoms with E-state index in [1.807, 2.05) is 48.9 Å². The lowest BCUT2D eigenvalue weighted by Gasteiger charge is -2.05. The molecular formula is C26H22N8. The van der Waals surface area contributed by atoms with Crippen LogP contribution in [-0.2, 0) is 6.54 Å². The number of hydrogen-bond acceptors (Lipinski definition) is 6. The standard InChI is InChI=1S/C26H22N8/c1-2-27-12-16-10-18(15-29-13-16)21-5-6-22-24(31-21)25(34-33-22)23-11-20-19(7-9-30-26(20)32-23)17-4-3-8-28-14-17/h3-11,13-15,27H,2,12H2,1H3,(H,30,32)(H,33,34). The molecule has 6 aromatic heterocycles. The first kappa shape index (κ1) is 20.2. The van der Waals surface area contributed by atoms with E-state index in [0.717, 1.165) is 74.5 Å². The Morgan fingerprint density at radius 1 is 0.941 bits per heavy atom. The lowest BCUT2D eigenvalue weighted by atomic mass is 10.1. The summed E-state index contributed by atoms with van der Waals surface area (Å²) in [7, 11) is 0. The summed E-state index contributed by atoms with van der Waals surface area (Å²) in [5, 5.41) is 12.0. The van der Waals surface area contributed by atoms with Crippen molar-refractivity contribution >= 4 is 22.1 Å². The Morgan fingerprint density at radius 2 is 1.88 bits per heavy atom. The molecule has 0 radical (unpaired) electrons. The number of hydrogen-bond donors (Lipinski definition) is 3. The second kappa shape index (κ2) is 8.49. The molecule has 0 saturated carbocycles. The zero-order valence-corrected chi connectivity index (χ0v) is 18.6. The molecule has 8 nitrogen and oxygen atoms in total. The lowest BCUT2D eigenvalue weighted by molar-refractivity contribution is 0.724. The smallest absolute Gasteiger partial charge is 0.138 e. The number of fused-ring (bicyclic) bond motifs is 2. The van der Waals surface area contributed by atoms with Gasteiger partial charge in [-0.3, -0.25) is 15.1 Å². The molecule has 0 aliphatic rings. The van der Waals surface area contributed by atoms with Gasteiger partial charge in [0.15, 0.2) is 0 Å². The van der Waals surface area contributed by atoms with Gasteiger partial charge in [-0.05, 0) is 54.1 Å². The average molecular weight is 447 g/mol. The third kappa shape index (κ3) is 3.60. The van der Waals surface area contributed by atoms with Crippen LogP contribution in [0.1, 0.15) is 12.5 Å². The van der Waals surface area contributed by atoms with Crippen LogP contribution in [0.4, 0.5) is 0 Å². The highest BCUT2D eigenvalue weighted by molar-refractivity contribution is 5.98. The van der Waals surface area contributed by atoms with Gasteiger partial charge in [-0.15, -0.1) is 0 Å². The summed E-state index contributed by atoms with van der Waals surface area (Å²) in [4.78, 5) is 21.6. The van der Waals surface area contributed by atoms with E-state index in [2.05, 4.69) is 54.5 Å². The molecule has 34 heavy (non-hydrogen) atoms. The minimum atomic E-state index is 0.753. The highest BCUT2D eigenvalue weighted by Crippen LogP contribution is 2.33. The lowest BCUT2D eigenvalue weighted by Crippen LogP contribution is -2.11. The van der Waals surface area contributed by atoms with Crippen LogP contribution >= 0.6 is 0 Å². The molecule has 166 valence electrons. The zero-order chi connectivity index (χ0) is 22.9. The molecular weight excluding hydrogens is 424 g/mol. The van der Waals surface area contributed by atoms with Gasteiger partial charge in [-0.2, -0.15) is 5.10 Å². The Labute approximate surface area is 195 Å². The highest BCUT2D eigenvalue weighted by atomic mass is 15.1. The largest absolute Gasteiger partial charge is 0.338 e. The molecule has 0 spiro atoms. The van der Waals surface area contributed by atoms with Gasteiger partial charge < -0.3 is 10.3 Å². The van der Waals surface area contributed by atoms with Crippen LogP contribution in [0, 0.1) is 0 Å². The van der Waals surface area contributed by atoms with E-state index in [9.17, 15) is 0 Å². The van der Waals surface area contributed by atoms with Crippen LogP contribution in [0.2, 0.25) is 0 Å². The summed E-state index contributed by atoms with van der Waals surface area (Å²) in [6, 6.07) is 14.2. The van der Waals surface area contributed by atoms with E-state index in [4.69, 9.17) is 4.98 Å². The van der Waals surface area contributed by atoms with Crippen LogP contribution in [0.3, 0.4) is 0 Å². The van der Waals surface area contributed by atoms with E-state index < -0.39 is 0 Å². The molecule has 0 aliphatic carbocycles. The molecule has 0 saturated heterocycles. The molecule has 0 aliphatic heterocycles. The van der Waals surface area contributed by atoms with Crippen LogP contribution < -0.4 is 5.32 Å². The maximum atomic E-state index is 4.95. The van der Waals surface area contributed by atoms with Crippen molar-refractivity contribution in [2.75, 3.05) is 6.54 Å². The third-order valence-electron chi connectivity index (χ3n) is 5.84. The molecule has 0 unspecified atom stereocenters. The van der Waals surface area contributed by atoms with Crippen molar-refractivity contribution in [1.82, 2.24) is 40.4 Å². The predicted molar refractivity (Wildman–Crippen MR) is 133 cm³/mol. The maximum Gasteiger partial charge on any atom is 0.138 e.